The zero-order valence-electron chi connectivity index (χ0n) is 21.4. The Morgan fingerprint density at radius 3 is 2.19 bits per heavy atom. The number of hydrogen-bond donors (Lipinski definition) is 2. The molecule has 0 aliphatic carbocycles. The first kappa shape index (κ1) is 25.9. The molecule has 192 valence electrons. The van der Waals surface area contributed by atoms with Crippen LogP contribution in [0.25, 0.3) is 0 Å². The van der Waals surface area contributed by atoms with Crippen LogP contribution in [0.5, 0.6) is 5.75 Å². The van der Waals surface area contributed by atoms with Crippen LogP contribution in [-0.2, 0) is 29.6 Å². The molecule has 0 saturated carbocycles. The summed E-state index contributed by atoms with van der Waals surface area (Å²) in [5.41, 5.74) is 1.66. The molecular weight excluding hydrogens is 470 g/mol. The normalized spacial score (nSPS) is 17.1. The lowest BCUT2D eigenvalue weighted by molar-refractivity contribution is -0.151. The molecule has 3 aromatic rings. The van der Waals surface area contributed by atoms with Gasteiger partial charge in [0.15, 0.2) is 0 Å². The molecule has 7 nitrogen and oxygen atoms in total. The molecule has 0 aromatic heterocycles. The molecule has 1 atom stereocenters. The molecular formula is C30H31NO6. The zero-order valence-corrected chi connectivity index (χ0v) is 21.4. The average Bonchev–Trinajstić information content (AvgIpc) is 2.87. The van der Waals surface area contributed by atoms with E-state index in [1.807, 2.05) is 57.2 Å². The van der Waals surface area contributed by atoms with Crippen LogP contribution in [0.2, 0.25) is 0 Å². The van der Waals surface area contributed by atoms with E-state index in [0.717, 1.165) is 11.1 Å². The van der Waals surface area contributed by atoms with Crippen molar-refractivity contribution in [2.75, 3.05) is 7.11 Å². The van der Waals surface area contributed by atoms with Crippen molar-refractivity contribution in [3.05, 3.63) is 100 Å². The van der Waals surface area contributed by atoms with Crippen LogP contribution >= 0.6 is 0 Å². The first-order valence-electron chi connectivity index (χ1n) is 12.1. The van der Waals surface area contributed by atoms with Gasteiger partial charge in [0.2, 0.25) is 0 Å². The quantitative estimate of drug-likeness (QED) is 0.495. The van der Waals surface area contributed by atoms with Gasteiger partial charge in [-0.05, 0) is 51.9 Å². The first-order chi connectivity index (χ1) is 17.5. The summed E-state index contributed by atoms with van der Waals surface area (Å²) in [4.78, 5) is 40.0. The first-order valence-corrected chi connectivity index (χ1v) is 12.1. The number of ether oxygens (including phenoxy) is 1. The maximum absolute atomic E-state index is 14.1. The molecule has 7 heteroatoms. The molecule has 1 heterocycles. The maximum Gasteiger partial charge on any atom is 0.335 e. The maximum atomic E-state index is 14.1. The highest BCUT2D eigenvalue weighted by molar-refractivity contribution is 5.99. The van der Waals surface area contributed by atoms with E-state index >= 15 is 0 Å². The van der Waals surface area contributed by atoms with Crippen LogP contribution in [-0.4, -0.2) is 45.6 Å². The third kappa shape index (κ3) is 4.94. The number of amides is 1. The number of carbonyl (C=O) groups is 3. The fraction of sp³-hybridized carbons (Fsp3) is 0.300. The molecule has 4 rings (SSSR count). The van der Waals surface area contributed by atoms with Gasteiger partial charge in [0.05, 0.1) is 12.7 Å². The number of fused-ring (bicyclic) bond motifs is 1. The number of carboxylic acids is 2. The number of benzene rings is 3. The number of aliphatic carboxylic acids is 1. The van der Waals surface area contributed by atoms with E-state index < -0.39 is 23.4 Å². The summed E-state index contributed by atoms with van der Waals surface area (Å²) in [5.74, 6) is -2.10. The number of aromatic carboxylic acids is 1. The van der Waals surface area contributed by atoms with Crippen LogP contribution in [0.3, 0.4) is 0 Å². The van der Waals surface area contributed by atoms with Gasteiger partial charge in [0.1, 0.15) is 11.3 Å². The van der Waals surface area contributed by atoms with Crippen LogP contribution in [0.1, 0.15) is 63.7 Å². The number of nitrogens with zero attached hydrogens (tertiary/aromatic N) is 1. The minimum atomic E-state index is -1.56. The third-order valence-electron chi connectivity index (χ3n) is 7.02. The number of methoxy groups -OCH3 is 1. The van der Waals surface area contributed by atoms with E-state index in [4.69, 9.17) is 4.74 Å². The van der Waals surface area contributed by atoms with Crippen molar-refractivity contribution in [3.63, 3.8) is 0 Å². The molecule has 1 amide bonds. The van der Waals surface area contributed by atoms with E-state index in [9.17, 15) is 24.6 Å². The van der Waals surface area contributed by atoms with Crippen molar-refractivity contribution in [1.29, 1.82) is 0 Å². The van der Waals surface area contributed by atoms with Crippen molar-refractivity contribution >= 4 is 17.8 Å². The van der Waals surface area contributed by atoms with E-state index in [2.05, 4.69) is 0 Å². The van der Waals surface area contributed by atoms with Gasteiger partial charge < -0.3 is 19.8 Å². The topological polar surface area (TPSA) is 104 Å². The second kappa shape index (κ2) is 9.73. The molecule has 0 spiro atoms. The highest BCUT2D eigenvalue weighted by Crippen LogP contribution is 2.38. The molecule has 3 aromatic carbocycles. The molecule has 1 aliphatic heterocycles. The number of carbonyl (C=O) groups excluding carboxylic acids is 1. The number of hydrogen-bond acceptors (Lipinski definition) is 4. The Kier molecular flexibility index (Phi) is 6.82. The molecule has 1 aliphatic rings. The standard InChI is InChI=1S/C30H31NO6/c1-29(2,3)24-13-12-20(15-25(24)37-4)26(32)31-18-23-14-21(27(33)34)10-11-22(23)17-30(31,28(35)36)16-19-8-6-5-7-9-19/h5-15H,16-18H2,1-4H3,(H,33,34)(H,35,36). The fourth-order valence-electron chi connectivity index (χ4n) is 5.03. The van der Waals surface area contributed by atoms with Gasteiger partial charge in [-0.3, -0.25) is 4.79 Å². The largest absolute Gasteiger partial charge is 0.496 e. The Labute approximate surface area is 216 Å². The number of carboxylic acid groups (broad SMARTS) is 2. The SMILES string of the molecule is COc1cc(C(=O)N2Cc3cc(C(=O)O)ccc3CC2(Cc2ccccc2)C(=O)O)ccc1C(C)(C)C. The summed E-state index contributed by atoms with van der Waals surface area (Å²) in [6.07, 6.45) is 0.154. The lowest BCUT2D eigenvalue weighted by atomic mass is 9.77. The molecule has 0 fully saturated rings. The molecule has 0 bridgehead atoms. The smallest absolute Gasteiger partial charge is 0.335 e. The van der Waals surface area contributed by atoms with Crippen molar-refractivity contribution < 1.29 is 29.3 Å². The molecule has 0 radical (unpaired) electrons. The lowest BCUT2D eigenvalue weighted by Gasteiger charge is -2.45. The van der Waals surface area contributed by atoms with E-state index in [-0.39, 0.29) is 30.4 Å². The predicted octanol–water partition coefficient (Wildman–Crippen LogP) is 4.96. The van der Waals surface area contributed by atoms with Gasteiger partial charge in [0.25, 0.3) is 5.91 Å². The van der Waals surface area contributed by atoms with Crippen molar-refractivity contribution in [1.82, 2.24) is 4.90 Å². The van der Waals surface area contributed by atoms with E-state index in [1.165, 1.54) is 17.0 Å². The monoisotopic (exact) mass is 501 g/mol. The van der Waals surface area contributed by atoms with Gasteiger partial charge in [-0.2, -0.15) is 0 Å². The summed E-state index contributed by atoms with van der Waals surface area (Å²) < 4.78 is 5.59. The lowest BCUT2D eigenvalue weighted by Crippen LogP contribution is -2.61. The van der Waals surface area contributed by atoms with Crippen LogP contribution in [0.4, 0.5) is 0 Å². The summed E-state index contributed by atoms with van der Waals surface area (Å²) in [6.45, 7) is 6.10. The van der Waals surface area contributed by atoms with Crippen LogP contribution in [0.15, 0.2) is 66.7 Å². The minimum absolute atomic E-state index is 0.0300. The Morgan fingerprint density at radius 2 is 1.59 bits per heavy atom. The van der Waals surface area contributed by atoms with Gasteiger partial charge in [0, 0.05) is 24.9 Å². The second-order valence-electron chi connectivity index (χ2n) is 10.5. The van der Waals surface area contributed by atoms with Crippen molar-refractivity contribution in [2.24, 2.45) is 0 Å². The summed E-state index contributed by atoms with van der Waals surface area (Å²) in [5, 5.41) is 20.1. The fourth-order valence-corrected chi connectivity index (χ4v) is 5.03. The van der Waals surface area contributed by atoms with Gasteiger partial charge in [-0.1, -0.05) is 63.2 Å². The Hall–Kier alpha value is -4.13. The summed E-state index contributed by atoms with van der Waals surface area (Å²) in [7, 11) is 1.54. The Balaban J connectivity index is 1.86. The molecule has 37 heavy (non-hydrogen) atoms. The predicted molar refractivity (Wildman–Crippen MR) is 139 cm³/mol. The summed E-state index contributed by atoms with van der Waals surface area (Å²) >= 11 is 0. The molecule has 0 saturated heterocycles. The highest BCUT2D eigenvalue weighted by Gasteiger charge is 2.50. The van der Waals surface area contributed by atoms with Gasteiger partial charge in [-0.25, -0.2) is 9.59 Å². The second-order valence-corrected chi connectivity index (χ2v) is 10.5. The van der Waals surface area contributed by atoms with Crippen LogP contribution in [0, 0.1) is 0 Å². The Bertz CT molecular complexity index is 1360. The van der Waals surface area contributed by atoms with Crippen molar-refractivity contribution in [2.45, 2.75) is 51.1 Å². The van der Waals surface area contributed by atoms with Gasteiger partial charge >= 0.3 is 11.9 Å². The van der Waals surface area contributed by atoms with E-state index in [1.54, 1.807) is 25.3 Å². The zero-order chi connectivity index (χ0) is 27.0. The average molecular weight is 502 g/mol. The molecule has 2 N–H and O–H groups in total. The van der Waals surface area contributed by atoms with Crippen molar-refractivity contribution in [3.8, 4) is 5.75 Å². The van der Waals surface area contributed by atoms with E-state index in [0.29, 0.717) is 22.4 Å². The third-order valence-corrected chi connectivity index (χ3v) is 7.02. The Morgan fingerprint density at radius 1 is 0.919 bits per heavy atom. The number of rotatable bonds is 6. The minimum Gasteiger partial charge on any atom is -0.496 e. The summed E-state index contributed by atoms with van der Waals surface area (Å²) in [6, 6.07) is 19.1. The van der Waals surface area contributed by atoms with Crippen LogP contribution < -0.4 is 4.74 Å². The highest BCUT2D eigenvalue weighted by atomic mass is 16.5. The van der Waals surface area contributed by atoms with Gasteiger partial charge in [-0.15, -0.1) is 0 Å². The molecule has 1 unspecified atom stereocenters.